The molecular formula is C16H18BrNO2S. The first-order chi connectivity index (χ1) is 10.0. The van der Waals surface area contributed by atoms with Crippen LogP contribution in [-0.2, 0) is 16.4 Å². The highest BCUT2D eigenvalue weighted by Crippen LogP contribution is 2.17. The Hall–Kier alpha value is -1.17. The zero-order valence-corrected chi connectivity index (χ0v) is 14.2. The highest BCUT2D eigenvalue weighted by Gasteiger charge is 2.18. The Morgan fingerprint density at radius 1 is 1.05 bits per heavy atom. The van der Waals surface area contributed by atoms with Crippen LogP contribution in [0.5, 0.6) is 0 Å². The van der Waals surface area contributed by atoms with E-state index >= 15 is 0 Å². The maximum Gasteiger partial charge on any atom is 0.241 e. The summed E-state index contributed by atoms with van der Waals surface area (Å²) in [6.07, 6.45) is 0.883. The van der Waals surface area contributed by atoms with E-state index in [-0.39, 0.29) is 6.04 Å². The summed E-state index contributed by atoms with van der Waals surface area (Å²) in [6.45, 7) is 1.84. The molecule has 0 bridgehead atoms. The second-order valence-corrected chi connectivity index (χ2v) is 7.34. The van der Waals surface area contributed by atoms with E-state index in [1.807, 2.05) is 49.4 Å². The van der Waals surface area contributed by atoms with E-state index in [0.29, 0.717) is 4.90 Å². The molecule has 2 aromatic carbocycles. The highest BCUT2D eigenvalue weighted by molar-refractivity contribution is 9.09. The molecule has 0 saturated heterocycles. The van der Waals surface area contributed by atoms with Gasteiger partial charge in [0.2, 0.25) is 10.0 Å². The van der Waals surface area contributed by atoms with Gasteiger partial charge in [-0.2, -0.15) is 0 Å². The quantitative estimate of drug-likeness (QED) is 0.791. The Kier molecular flexibility index (Phi) is 5.56. The van der Waals surface area contributed by atoms with E-state index in [2.05, 4.69) is 20.7 Å². The van der Waals surface area contributed by atoms with Gasteiger partial charge >= 0.3 is 0 Å². The molecule has 0 aliphatic carbocycles. The maximum atomic E-state index is 12.4. The molecule has 0 radical (unpaired) electrons. The summed E-state index contributed by atoms with van der Waals surface area (Å²) in [5, 5.41) is 0.863. The lowest BCUT2D eigenvalue weighted by atomic mass is 10.1. The van der Waals surface area contributed by atoms with E-state index in [9.17, 15) is 8.42 Å². The van der Waals surface area contributed by atoms with Crippen LogP contribution < -0.4 is 4.72 Å². The topological polar surface area (TPSA) is 46.2 Å². The summed E-state index contributed by atoms with van der Waals surface area (Å²) >= 11 is 3.37. The molecule has 3 nitrogen and oxygen atoms in total. The molecule has 0 spiro atoms. The van der Waals surface area contributed by atoms with Gasteiger partial charge in [-0.05, 0) is 36.6 Å². The second-order valence-electron chi connectivity index (χ2n) is 4.84. The number of aryl methyl sites for hydroxylation is 1. The van der Waals surface area contributed by atoms with Crippen molar-refractivity contribution in [2.75, 3.05) is 5.33 Å². The third-order valence-corrected chi connectivity index (χ3v) is 5.20. The Morgan fingerprint density at radius 2 is 1.67 bits per heavy atom. The minimum atomic E-state index is -3.50. The van der Waals surface area contributed by atoms with E-state index < -0.39 is 10.0 Å². The highest BCUT2D eigenvalue weighted by atomic mass is 79.9. The largest absolute Gasteiger partial charge is 0.241 e. The fourth-order valence-electron chi connectivity index (χ4n) is 2.05. The smallest absolute Gasteiger partial charge is 0.207 e. The van der Waals surface area contributed by atoms with Gasteiger partial charge in [-0.25, -0.2) is 13.1 Å². The maximum absolute atomic E-state index is 12.4. The molecule has 112 valence electrons. The summed E-state index contributed by atoms with van der Waals surface area (Å²) < 4.78 is 27.4. The lowest BCUT2D eigenvalue weighted by molar-refractivity contribution is 0.567. The lowest BCUT2D eigenvalue weighted by Crippen LogP contribution is -2.26. The van der Waals surface area contributed by atoms with Crippen molar-refractivity contribution in [1.82, 2.24) is 4.72 Å². The van der Waals surface area contributed by atoms with Crippen molar-refractivity contribution in [3.8, 4) is 0 Å². The molecule has 2 aromatic rings. The van der Waals surface area contributed by atoms with E-state index in [1.54, 1.807) is 12.1 Å². The van der Waals surface area contributed by atoms with Crippen LogP contribution in [-0.4, -0.2) is 13.7 Å². The van der Waals surface area contributed by atoms with Crippen LogP contribution in [0.2, 0.25) is 0 Å². The number of hydrogen-bond donors (Lipinski definition) is 1. The number of rotatable bonds is 6. The van der Waals surface area contributed by atoms with Gasteiger partial charge in [-0.15, -0.1) is 0 Å². The van der Waals surface area contributed by atoms with Crippen LogP contribution in [0.4, 0.5) is 0 Å². The van der Waals surface area contributed by atoms with Crippen molar-refractivity contribution in [3.05, 3.63) is 65.7 Å². The van der Waals surface area contributed by atoms with Crippen LogP contribution in [0.15, 0.2) is 59.5 Å². The lowest BCUT2D eigenvalue weighted by Gasteiger charge is -2.14. The van der Waals surface area contributed by atoms with Gasteiger partial charge in [0.15, 0.2) is 0 Å². The van der Waals surface area contributed by atoms with Crippen molar-refractivity contribution < 1.29 is 8.42 Å². The molecule has 0 aliphatic rings. The number of alkyl halides is 1. The first-order valence-corrected chi connectivity index (χ1v) is 9.35. The number of benzene rings is 2. The predicted molar refractivity (Wildman–Crippen MR) is 89.1 cm³/mol. The second kappa shape index (κ2) is 7.20. The van der Waals surface area contributed by atoms with Crippen molar-refractivity contribution >= 4 is 26.0 Å². The zero-order chi connectivity index (χ0) is 15.3. The van der Waals surface area contributed by atoms with Gasteiger partial charge in [0.25, 0.3) is 0 Å². The van der Waals surface area contributed by atoms with Crippen molar-refractivity contribution in [3.63, 3.8) is 0 Å². The van der Waals surface area contributed by atoms with Gasteiger partial charge in [-0.1, -0.05) is 58.4 Å². The van der Waals surface area contributed by atoms with Gasteiger partial charge in [-0.3, -0.25) is 0 Å². The van der Waals surface area contributed by atoms with Crippen molar-refractivity contribution in [1.29, 1.82) is 0 Å². The first kappa shape index (κ1) is 16.2. The van der Waals surface area contributed by atoms with Gasteiger partial charge < -0.3 is 0 Å². The molecule has 0 aliphatic heterocycles. The summed E-state index contributed by atoms with van der Waals surface area (Å²) in [7, 11) is -3.50. The van der Waals surface area contributed by atoms with Crippen LogP contribution in [0, 0.1) is 0 Å². The van der Waals surface area contributed by atoms with Crippen LogP contribution in [0.25, 0.3) is 0 Å². The minimum Gasteiger partial charge on any atom is -0.207 e. The molecule has 0 fully saturated rings. The third kappa shape index (κ3) is 4.40. The average molecular weight is 368 g/mol. The Balaban J connectivity index is 2.14. The van der Waals surface area contributed by atoms with Gasteiger partial charge in [0, 0.05) is 11.4 Å². The predicted octanol–water partition coefficient (Wildman–Crippen LogP) is 3.66. The third-order valence-electron chi connectivity index (χ3n) is 3.25. The average Bonchev–Trinajstić information content (AvgIpc) is 2.48. The van der Waals surface area contributed by atoms with E-state index in [1.165, 1.54) is 0 Å². The molecule has 0 heterocycles. The molecule has 21 heavy (non-hydrogen) atoms. The Labute approximate surface area is 134 Å². The summed E-state index contributed by atoms with van der Waals surface area (Å²) in [5.74, 6) is 0. The molecule has 2 rings (SSSR count). The fourth-order valence-corrected chi connectivity index (χ4v) is 3.74. The van der Waals surface area contributed by atoms with Crippen LogP contribution in [0.1, 0.15) is 24.1 Å². The molecule has 0 saturated carbocycles. The number of sulfonamides is 1. The standard InChI is InChI=1S/C16H18BrNO2S/c1-13(15-5-3-2-4-6-15)18-21(19,20)16-9-7-14(8-10-16)11-12-17/h2-10,13,18H,11-12H2,1H3. The van der Waals surface area contributed by atoms with Gasteiger partial charge in [0.1, 0.15) is 0 Å². The van der Waals surface area contributed by atoms with Gasteiger partial charge in [0.05, 0.1) is 4.90 Å². The number of hydrogen-bond acceptors (Lipinski definition) is 2. The normalized spacial score (nSPS) is 13.0. The molecule has 0 aromatic heterocycles. The molecule has 0 amide bonds. The fraction of sp³-hybridized carbons (Fsp3) is 0.250. The Bertz CT molecular complexity index is 669. The number of nitrogens with one attached hydrogen (secondary N) is 1. The monoisotopic (exact) mass is 367 g/mol. The minimum absolute atomic E-state index is 0.265. The molecule has 1 N–H and O–H groups in total. The number of halogens is 1. The Morgan fingerprint density at radius 3 is 2.24 bits per heavy atom. The summed E-state index contributed by atoms with van der Waals surface area (Å²) in [6, 6.07) is 16.3. The molecule has 1 atom stereocenters. The van der Waals surface area contributed by atoms with Crippen molar-refractivity contribution in [2.24, 2.45) is 0 Å². The van der Waals surface area contributed by atoms with E-state index in [4.69, 9.17) is 0 Å². The molecule has 1 unspecified atom stereocenters. The molecule has 5 heteroatoms. The summed E-state index contributed by atoms with van der Waals surface area (Å²) in [5.41, 5.74) is 2.05. The SMILES string of the molecule is CC(NS(=O)(=O)c1ccc(CCBr)cc1)c1ccccc1. The first-order valence-electron chi connectivity index (χ1n) is 6.75. The zero-order valence-electron chi connectivity index (χ0n) is 11.8. The van der Waals surface area contributed by atoms with Crippen LogP contribution in [0.3, 0.4) is 0 Å². The van der Waals surface area contributed by atoms with E-state index in [0.717, 1.165) is 22.9 Å². The summed E-state index contributed by atoms with van der Waals surface area (Å²) in [4.78, 5) is 0.295. The molecular weight excluding hydrogens is 350 g/mol. The van der Waals surface area contributed by atoms with Crippen LogP contribution >= 0.6 is 15.9 Å². The van der Waals surface area contributed by atoms with Crippen molar-refractivity contribution in [2.45, 2.75) is 24.3 Å².